The fourth-order valence-electron chi connectivity index (χ4n) is 11.5. The summed E-state index contributed by atoms with van der Waals surface area (Å²) in [4.78, 5) is 72.7. The van der Waals surface area contributed by atoms with Crippen molar-refractivity contribution in [2.75, 3.05) is 39.6 Å². The summed E-state index contributed by atoms with van der Waals surface area (Å²) in [7, 11) is -9.91. The Bertz CT molecular complexity index is 1870. The Labute approximate surface area is 581 Å². The first kappa shape index (κ1) is 93.1. The maximum Gasteiger partial charge on any atom is 0.472 e. The molecule has 0 aliphatic carbocycles. The standard InChI is InChI=1S/C76H148O17P2/c1-9-69(8)55-47-39-34-35-41-49-57-74(79)87-63-72(93-76(81)59-51-43-33-27-26-30-38-46-54-68(6)7)65-91-95(84,85)89-61-70(77)60-88-94(82,83)90-64-71(62-86-73(78)56-48-40-31-24-21-20-23-29-37-45-53-67(4)5)92-75(80)58-50-42-32-25-19-17-15-13-11-10-12-14-16-18-22-28-36-44-52-66(2)3/h66-72,77H,9-65H2,1-8H3,(H,82,83)(H,84,85)/t69?,70-,71-,72-/m1/s1. The van der Waals surface area contributed by atoms with Crippen LogP contribution >= 0.6 is 15.6 Å². The Morgan fingerprint density at radius 2 is 0.505 bits per heavy atom. The third-order valence-electron chi connectivity index (χ3n) is 17.9. The average molecular weight is 1400 g/mol. The molecule has 0 aliphatic heterocycles. The highest BCUT2D eigenvalue weighted by Crippen LogP contribution is 2.45. The molecule has 564 valence electrons. The zero-order valence-corrected chi connectivity index (χ0v) is 64.1. The molecule has 19 heteroatoms. The zero-order valence-electron chi connectivity index (χ0n) is 62.3. The Morgan fingerprint density at radius 3 is 0.747 bits per heavy atom. The van der Waals surface area contributed by atoms with Crippen LogP contribution in [-0.2, 0) is 65.4 Å². The van der Waals surface area contributed by atoms with Crippen molar-refractivity contribution in [1.29, 1.82) is 0 Å². The van der Waals surface area contributed by atoms with Crippen molar-refractivity contribution in [3.05, 3.63) is 0 Å². The van der Waals surface area contributed by atoms with Gasteiger partial charge >= 0.3 is 39.5 Å². The van der Waals surface area contributed by atoms with Gasteiger partial charge in [-0.25, -0.2) is 9.13 Å². The number of phosphoric acid groups is 2. The van der Waals surface area contributed by atoms with Crippen molar-refractivity contribution in [2.45, 2.75) is 401 Å². The Kier molecular flexibility index (Phi) is 64.0. The number of carbonyl (C=O) groups is 4. The molecular weight excluding hydrogens is 1250 g/mol. The normalized spacial score (nSPS) is 14.4. The van der Waals surface area contributed by atoms with Crippen molar-refractivity contribution in [2.24, 2.45) is 23.7 Å². The van der Waals surface area contributed by atoms with Crippen LogP contribution in [0.2, 0.25) is 0 Å². The maximum atomic E-state index is 13.1. The van der Waals surface area contributed by atoms with Gasteiger partial charge in [-0.15, -0.1) is 0 Å². The molecular formula is C76H148O17P2. The first-order chi connectivity index (χ1) is 45.6. The van der Waals surface area contributed by atoms with Crippen LogP contribution in [0.1, 0.15) is 383 Å². The van der Waals surface area contributed by atoms with Gasteiger partial charge in [0.25, 0.3) is 0 Å². The number of ether oxygens (including phenoxy) is 4. The Balaban J connectivity index is 5.20. The summed E-state index contributed by atoms with van der Waals surface area (Å²) in [5.41, 5.74) is 0. The van der Waals surface area contributed by atoms with E-state index in [1.165, 1.54) is 180 Å². The molecule has 0 heterocycles. The number of rotatable bonds is 73. The van der Waals surface area contributed by atoms with Crippen molar-refractivity contribution in [3.63, 3.8) is 0 Å². The SMILES string of the molecule is CCC(C)CCCCCCCCC(=O)OC[C@H](COP(=O)(O)OC[C@H](O)COP(=O)(O)OC[C@@H](COC(=O)CCCCCCCCCCCCC(C)C)OC(=O)CCCCCCCCCCCCCCCCCCCCC(C)C)OC(=O)CCCCCCCCCCC(C)C. The lowest BCUT2D eigenvalue weighted by Crippen LogP contribution is -2.30. The second-order valence-electron chi connectivity index (χ2n) is 29.1. The van der Waals surface area contributed by atoms with Gasteiger partial charge in [0.05, 0.1) is 26.4 Å². The molecule has 0 bridgehead atoms. The first-order valence-corrected chi connectivity index (χ1v) is 42.2. The van der Waals surface area contributed by atoms with Crippen molar-refractivity contribution in [1.82, 2.24) is 0 Å². The van der Waals surface area contributed by atoms with Crippen LogP contribution in [0.4, 0.5) is 0 Å². The number of aliphatic hydroxyl groups excluding tert-OH is 1. The van der Waals surface area contributed by atoms with Gasteiger partial charge in [-0.3, -0.25) is 37.3 Å². The summed E-state index contributed by atoms with van der Waals surface area (Å²) in [5.74, 6) is 0.904. The summed E-state index contributed by atoms with van der Waals surface area (Å²) in [6.45, 7) is 14.1. The lowest BCUT2D eigenvalue weighted by atomic mass is 10.00. The van der Waals surface area contributed by atoms with Crippen molar-refractivity contribution < 1.29 is 80.2 Å². The molecule has 0 aliphatic rings. The third-order valence-corrected chi connectivity index (χ3v) is 19.8. The molecule has 6 atom stereocenters. The predicted molar refractivity (Wildman–Crippen MR) is 386 cm³/mol. The fourth-order valence-corrected chi connectivity index (χ4v) is 13.1. The van der Waals surface area contributed by atoms with E-state index in [4.69, 9.17) is 37.0 Å². The van der Waals surface area contributed by atoms with Crippen LogP contribution in [0.25, 0.3) is 0 Å². The summed E-state index contributed by atoms with van der Waals surface area (Å²) in [6.07, 6.45) is 50.2. The molecule has 3 N–H and O–H groups in total. The number of hydrogen-bond acceptors (Lipinski definition) is 15. The van der Waals surface area contributed by atoms with Crippen LogP contribution in [0, 0.1) is 23.7 Å². The second kappa shape index (κ2) is 65.4. The highest BCUT2D eigenvalue weighted by atomic mass is 31.2. The van der Waals surface area contributed by atoms with E-state index < -0.39 is 97.5 Å². The van der Waals surface area contributed by atoms with Crippen LogP contribution in [0.3, 0.4) is 0 Å². The van der Waals surface area contributed by atoms with Crippen molar-refractivity contribution in [3.8, 4) is 0 Å². The summed E-state index contributed by atoms with van der Waals surface area (Å²) < 4.78 is 68.5. The molecule has 0 aromatic carbocycles. The van der Waals surface area contributed by atoms with Gasteiger partial charge in [0, 0.05) is 25.7 Å². The lowest BCUT2D eigenvalue weighted by molar-refractivity contribution is -0.161. The monoisotopic (exact) mass is 1400 g/mol. The Morgan fingerprint density at radius 1 is 0.295 bits per heavy atom. The average Bonchev–Trinajstić information content (AvgIpc) is 1.50. The maximum absolute atomic E-state index is 13.1. The molecule has 0 amide bonds. The minimum absolute atomic E-state index is 0.103. The molecule has 0 rings (SSSR count). The number of aliphatic hydroxyl groups is 1. The molecule has 0 aromatic rings. The number of unbranched alkanes of at least 4 members (excludes halogenated alkanes) is 38. The molecule has 0 radical (unpaired) electrons. The zero-order chi connectivity index (χ0) is 70.3. The molecule has 3 unspecified atom stereocenters. The molecule has 0 saturated heterocycles. The van der Waals surface area contributed by atoms with Gasteiger partial charge < -0.3 is 33.8 Å². The minimum Gasteiger partial charge on any atom is -0.462 e. The van der Waals surface area contributed by atoms with Gasteiger partial charge in [-0.05, 0) is 49.4 Å². The molecule has 17 nitrogen and oxygen atoms in total. The summed E-state index contributed by atoms with van der Waals surface area (Å²) >= 11 is 0. The predicted octanol–water partition coefficient (Wildman–Crippen LogP) is 22.0. The fraction of sp³-hybridized carbons (Fsp3) is 0.947. The Hall–Kier alpha value is -1.94. The van der Waals surface area contributed by atoms with E-state index in [0.717, 1.165) is 120 Å². The minimum atomic E-state index is -4.96. The van der Waals surface area contributed by atoms with E-state index in [0.29, 0.717) is 25.7 Å². The van der Waals surface area contributed by atoms with E-state index in [9.17, 15) is 43.2 Å². The second-order valence-corrected chi connectivity index (χ2v) is 32.0. The van der Waals surface area contributed by atoms with E-state index in [1.807, 2.05) is 0 Å². The molecule has 0 fully saturated rings. The van der Waals surface area contributed by atoms with Gasteiger partial charge in [0.2, 0.25) is 0 Å². The lowest BCUT2D eigenvalue weighted by Gasteiger charge is -2.21. The van der Waals surface area contributed by atoms with Crippen LogP contribution in [-0.4, -0.2) is 96.7 Å². The molecule has 95 heavy (non-hydrogen) atoms. The van der Waals surface area contributed by atoms with Gasteiger partial charge in [0.15, 0.2) is 12.2 Å². The molecule has 0 saturated carbocycles. The highest BCUT2D eigenvalue weighted by Gasteiger charge is 2.30. The highest BCUT2D eigenvalue weighted by molar-refractivity contribution is 7.47. The molecule has 0 aromatic heterocycles. The molecule has 0 spiro atoms. The van der Waals surface area contributed by atoms with E-state index >= 15 is 0 Å². The van der Waals surface area contributed by atoms with Crippen LogP contribution < -0.4 is 0 Å². The van der Waals surface area contributed by atoms with Gasteiger partial charge in [0.1, 0.15) is 19.3 Å². The summed E-state index contributed by atoms with van der Waals surface area (Å²) in [6, 6.07) is 0. The van der Waals surface area contributed by atoms with Gasteiger partial charge in [-0.2, -0.15) is 0 Å². The van der Waals surface area contributed by atoms with Gasteiger partial charge in [-0.1, -0.05) is 331 Å². The summed E-state index contributed by atoms with van der Waals surface area (Å²) in [5, 5.41) is 10.6. The smallest absolute Gasteiger partial charge is 0.462 e. The third kappa shape index (κ3) is 69.0. The van der Waals surface area contributed by atoms with E-state index in [-0.39, 0.29) is 25.7 Å². The number of phosphoric ester groups is 2. The number of esters is 4. The number of carbonyl (C=O) groups excluding carboxylic acids is 4. The largest absolute Gasteiger partial charge is 0.472 e. The van der Waals surface area contributed by atoms with E-state index in [2.05, 4.69) is 55.4 Å². The van der Waals surface area contributed by atoms with Crippen molar-refractivity contribution >= 4 is 39.5 Å². The quantitative estimate of drug-likeness (QED) is 0.0222. The number of hydrogen-bond donors (Lipinski definition) is 3. The van der Waals surface area contributed by atoms with Crippen LogP contribution in [0.5, 0.6) is 0 Å². The van der Waals surface area contributed by atoms with E-state index in [1.54, 1.807) is 0 Å². The van der Waals surface area contributed by atoms with Crippen LogP contribution in [0.15, 0.2) is 0 Å². The topological polar surface area (TPSA) is 237 Å². The first-order valence-electron chi connectivity index (χ1n) is 39.2.